The number of likely N-dealkylation sites (tertiary alicyclic amines) is 1. The molecule has 3 N–H and O–H groups in total. The molecule has 1 saturated carbocycles. The maximum absolute atomic E-state index is 6.06. The predicted molar refractivity (Wildman–Crippen MR) is 73.7 cm³/mol. The fourth-order valence-corrected chi connectivity index (χ4v) is 2.46. The summed E-state index contributed by atoms with van der Waals surface area (Å²) in [6.45, 7) is 2.56. The highest BCUT2D eigenvalue weighted by molar-refractivity contribution is 5.78. The Bertz CT molecular complexity index is 440. The van der Waals surface area contributed by atoms with Gasteiger partial charge in [0.05, 0.1) is 0 Å². The Morgan fingerprint density at radius 2 is 2.00 bits per heavy atom. The first kappa shape index (κ1) is 12.4. The molecule has 1 aliphatic heterocycles. The van der Waals surface area contributed by atoms with E-state index in [0.29, 0.717) is 18.4 Å². The molecule has 2 heterocycles. The van der Waals surface area contributed by atoms with E-state index in [9.17, 15) is 0 Å². The fourth-order valence-electron chi connectivity index (χ4n) is 2.46. The van der Waals surface area contributed by atoms with Crippen LogP contribution in [0.15, 0.2) is 4.99 Å². The molecule has 0 amide bonds. The summed E-state index contributed by atoms with van der Waals surface area (Å²) in [5.41, 5.74) is 6.06. The average molecular weight is 262 g/mol. The molecular formula is C13H22N6. The molecule has 6 heteroatoms. The molecule has 6 nitrogen and oxygen atoms in total. The largest absolute Gasteiger partial charge is 0.370 e. The van der Waals surface area contributed by atoms with Crippen molar-refractivity contribution in [2.75, 3.05) is 13.1 Å². The molecule has 3 rings (SSSR count). The molecule has 1 saturated heterocycles. The number of guanidine groups is 1. The minimum absolute atomic E-state index is 0.502. The summed E-state index contributed by atoms with van der Waals surface area (Å²) >= 11 is 0. The molecule has 0 radical (unpaired) electrons. The minimum atomic E-state index is 0.502. The highest BCUT2D eigenvalue weighted by atomic mass is 15.3. The number of nitrogens with one attached hydrogen (secondary N) is 1. The molecule has 1 aromatic heterocycles. The summed E-state index contributed by atoms with van der Waals surface area (Å²) < 4.78 is 0. The van der Waals surface area contributed by atoms with Crippen molar-refractivity contribution in [1.29, 1.82) is 0 Å². The van der Waals surface area contributed by atoms with Crippen LogP contribution >= 0.6 is 0 Å². The van der Waals surface area contributed by atoms with Crippen molar-refractivity contribution in [2.45, 2.75) is 51.0 Å². The van der Waals surface area contributed by atoms with Gasteiger partial charge in [-0.25, -0.2) is 9.98 Å². The van der Waals surface area contributed by atoms with Crippen LogP contribution in [0.4, 0.5) is 0 Å². The number of aromatic nitrogens is 3. The van der Waals surface area contributed by atoms with E-state index in [4.69, 9.17) is 5.73 Å². The SMILES string of the molecule is NC(=NCc1nc(C2CC2)n[nH]1)N1CCCCCC1. The van der Waals surface area contributed by atoms with Gasteiger partial charge in [-0.2, -0.15) is 5.10 Å². The number of hydrogen-bond donors (Lipinski definition) is 2. The number of nitrogens with two attached hydrogens (primary N) is 1. The maximum atomic E-state index is 6.06. The van der Waals surface area contributed by atoms with Crippen molar-refractivity contribution < 1.29 is 0 Å². The van der Waals surface area contributed by atoms with E-state index in [1.54, 1.807) is 0 Å². The zero-order valence-electron chi connectivity index (χ0n) is 11.3. The molecule has 0 bridgehead atoms. The second-order valence-corrected chi connectivity index (χ2v) is 5.49. The summed E-state index contributed by atoms with van der Waals surface area (Å²) in [4.78, 5) is 11.1. The third kappa shape index (κ3) is 3.24. The van der Waals surface area contributed by atoms with Crippen LogP contribution in [0.25, 0.3) is 0 Å². The third-order valence-electron chi connectivity index (χ3n) is 3.81. The van der Waals surface area contributed by atoms with Gasteiger partial charge in [0.25, 0.3) is 0 Å². The first-order valence-corrected chi connectivity index (χ1v) is 7.29. The van der Waals surface area contributed by atoms with Gasteiger partial charge in [-0.15, -0.1) is 0 Å². The van der Waals surface area contributed by atoms with Crippen LogP contribution in [0, 0.1) is 0 Å². The van der Waals surface area contributed by atoms with Crippen LogP contribution in [0.1, 0.15) is 56.1 Å². The molecule has 1 aromatic rings. The number of hydrogen-bond acceptors (Lipinski definition) is 3. The maximum Gasteiger partial charge on any atom is 0.191 e. The molecular weight excluding hydrogens is 240 g/mol. The van der Waals surface area contributed by atoms with E-state index in [-0.39, 0.29) is 0 Å². The highest BCUT2D eigenvalue weighted by Crippen LogP contribution is 2.37. The molecule has 0 atom stereocenters. The normalized spacial score (nSPS) is 21.5. The van der Waals surface area contributed by atoms with Crippen molar-refractivity contribution in [3.8, 4) is 0 Å². The van der Waals surface area contributed by atoms with Crippen LogP contribution in [0.5, 0.6) is 0 Å². The standard InChI is InChI=1S/C13H22N6/c14-13(19-7-3-1-2-4-8-19)15-9-11-16-12(18-17-11)10-5-6-10/h10H,1-9H2,(H2,14,15)(H,16,17,18). The van der Waals surface area contributed by atoms with Crippen LogP contribution in [-0.2, 0) is 6.54 Å². The Kier molecular flexibility index (Phi) is 3.66. The molecule has 0 spiro atoms. The molecule has 2 fully saturated rings. The van der Waals surface area contributed by atoms with Crippen LogP contribution in [-0.4, -0.2) is 39.1 Å². The van der Waals surface area contributed by atoms with E-state index in [2.05, 4.69) is 25.1 Å². The molecule has 0 aromatic carbocycles. The lowest BCUT2D eigenvalue weighted by Gasteiger charge is -2.20. The zero-order chi connectivity index (χ0) is 13.1. The van der Waals surface area contributed by atoms with Crippen molar-refractivity contribution in [1.82, 2.24) is 20.1 Å². The molecule has 104 valence electrons. The first-order valence-electron chi connectivity index (χ1n) is 7.29. The lowest BCUT2D eigenvalue weighted by Crippen LogP contribution is -2.38. The second-order valence-electron chi connectivity index (χ2n) is 5.49. The molecule has 2 aliphatic rings. The lowest BCUT2D eigenvalue weighted by molar-refractivity contribution is 0.428. The van der Waals surface area contributed by atoms with Gasteiger partial charge in [0.1, 0.15) is 12.4 Å². The summed E-state index contributed by atoms with van der Waals surface area (Å²) in [6, 6.07) is 0. The Hall–Kier alpha value is -1.59. The summed E-state index contributed by atoms with van der Waals surface area (Å²) in [6.07, 6.45) is 7.47. The number of H-pyrrole nitrogens is 1. The zero-order valence-corrected chi connectivity index (χ0v) is 11.3. The smallest absolute Gasteiger partial charge is 0.191 e. The van der Waals surface area contributed by atoms with Crippen LogP contribution < -0.4 is 5.73 Å². The summed E-state index contributed by atoms with van der Waals surface area (Å²) in [7, 11) is 0. The fraction of sp³-hybridized carbons (Fsp3) is 0.769. The second kappa shape index (κ2) is 5.59. The van der Waals surface area contributed by atoms with Crippen molar-refractivity contribution in [3.63, 3.8) is 0 Å². The van der Waals surface area contributed by atoms with Crippen molar-refractivity contribution in [3.05, 3.63) is 11.6 Å². The Balaban J connectivity index is 1.57. The van der Waals surface area contributed by atoms with Crippen molar-refractivity contribution in [2.24, 2.45) is 10.7 Å². The van der Waals surface area contributed by atoms with Gasteiger partial charge >= 0.3 is 0 Å². The van der Waals surface area contributed by atoms with Crippen molar-refractivity contribution >= 4 is 5.96 Å². The van der Waals surface area contributed by atoms with E-state index in [1.807, 2.05) is 0 Å². The van der Waals surface area contributed by atoms with Gasteiger partial charge < -0.3 is 10.6 Å². The number of rotatable bonds is 3. The number of aliphatic imine (C=N–C) groups is 1. The van der Waals surface area contributed by atoms with Gasteiger partial charge in [-0.1, -0.05) is 12.8 Å². The topological polar surface area (TPSA) is 83.2 Å². The van der Waals surface area contributed by atoms with Gasteiger partial charge in [0.2, 0.25) is 0 Å². The van der Waals surface area contributed by atoms with Gasteiger partial charge in [0.15, 0.2) is 11.8 Å². The average Bonchev–Trinajstić information content (AvgIpc) is 3.21. The first-order chi connectivity index (χ1) is 9.33. The van der Waals surface area contributed by atoms with Gasteiger partial charge in [0, 0.05) is 19.0 Å². The number of aromatic amines is 1. The van der Waals surface area contributed by atoms with E-state index in [1.165, 1.54) is 38.5 Å². The Labute approximate surface area is 113 Å². The lowest BCUT2D eigenvalue weighted by atomic mass is 10.2. The van der Waals surface area contributed by atoms with Crippen LogP contribution in [0.2, 0.25) is 0 Å². The van der Waals surface area contributed by atoms with E-state index >= 15 is 0 Å². The van der Waals surface area contributed by atoms with Gasteiger partial charge in [-0.05, 0) is 25.7 Å². The van der Waals surface area contributed by atoms with E-state index < -0.39 is 0 Å². The molecule has 19 heavy (non-hydrogen) atoms. The highest BCUT2D eigenvalue weighted by Gasteiger charge is 2.27. The molecule has 1 aliphatic carbocycles. The molecule has 0 unspecified atom stereocenters. The Morgan fingerprint density at radius 1 is 1.26 bits per heavy atom. The van der Waals surface area contributed by atoms with Crippen LogP contribution in [0.3, 0.4) is 0 Å². The summed E-state index contributed by atoms with van der Waals surface area (Å²) in [5.74, 6) is 2.99. The van der Waals surface area contributed by atoms with E-state index in [0.717, 1.165) is 24.7 Å². The van der Waals surface area contributed by atoms with Gasteiger partial charge in [-0.3, -0.25) is 5.10 Å². The third-order valence-corrected chi connectivity index (χ3v) is 3.81. The summed E-state index contributed by atoms with van der Waals surface area (Å²) in [5, 5.41) is 7.18. The Morgan fingerprint density at radius 3 is 2.68 bits per heavy atom. The number of nitrogens with zero attached hydrogens (tertiary/aromatic N) is 4. The minimum Gasteiger partial charge on any atom is -0.370 e. The quantitative estimate of drug-likeness (QED) is 0.636. The monoisotopic (exact) mass is 262 g/mol. The predicted octanol–water partition coefficient (Wildman–Crippen LogP) is 1.37.